The molecule has 0 spiro atoms. The van der Waals surface area contributed by atoms with Gasteiger partial charge in [-0.05, 0) is 12.5 Å². The monoisotopic (exact) mass is 284 g/mol. The molecule has 0 radical (unpaired) electrons. The second kappa shape index (κ2) is 4.94. The molecule has 1 saturated heterocycles. The first kappa shape index (κ1) is 14.0. The van der Waals surface area contributed by atoms with E-state index in [-0.39, 0.29) is 25.1 Å². The van der Waals surface area contributed by atoms with Crippen LogP contribution >= 0.6 is 0 Å². The number of ether oxygens (including phenoxy) is 1. The molecule has 0 aliphatic carbocycles. The normalized spacial score (nSPS) is 27.3. The topological polar surface area (TPSA) is 69.7 Å². The molecule has 0 amide bonds. The van der Waals surface area contributed by atoms with Crippen molar-refractivity contribution in [3.63, 3.8) is 0 Å². The van der Waals surface area contributed by atoms with Gasteiger partial charge in [-0.2, -0.15) is 8.42 Å². The first-order valence-electron chi connectivity index (χ1n) is 5.91. The van der Waals surface area contributed by atoms with Gasteiger partial charge >= 0.3 is 5.97 Å². The molecular weight excluding hydrogens is 268 g/mol. The molecule has 0 unspecified atom stereocenters. The maximum absolute atomic E-state index is 12.0. The van der Waals surface area contributed by atoms with Crippen molar-refractivity contribution in [2.45, 2.75) is 12.3 Å². The number of cyclic esters (lactones) is 1. The molecule has 1 aliphatic rings. The second-order valence-electron chi connectivity index (χ2n) is 4.85. The zero-order valence-corrected chi connectivity index (χ0v) is 11.6. The van der Waals surface area contributed by atoms with Gasteiger partial charge in [-0.3, -0.25) is 8.98 Å². The molecule has 2 rings (SSSR count). The van der Waals surface area contributed by atoms with Crippen molar-refractivity contribution in [1.82, 2.24) is 0 Å². The van der Waals surface area contributed by atoms with Gasteiger partial charge in [-0.25, -0.2) is 0 Å². The number of esters is 1. The lowest BCUT2D eigenvalue weighted by Gasteiger charge is -2.26. The van der Waals surface area contributed by atoms with Crippen LogP contribution in [0.2, 0.25) is 0 Å². The maximum Gasteiger partial charge on any atom is 0.316 e. The molecule has 1 aliphatic heterocycles. The van der Waals surface area contributed by atoms with Gasteiger partial charge in [0.25, 0.3) is 10.1 Å². The Morgan fingerprint density at radius 3 is 2.58 bits per heavy atom. The van der Waals surface area contributed by atoms with Gasteiger partial charge in [0, 0.05) is 5.92 Å². The Hall–Kier alpha value is -1.40. The van der Waals surface area contributed by atoms with Crippen molar-refractivity contribution in [3.05, 3.63) is 35.9 Å². The Labute approximate surface area is 112 Å². The SMILES string of the molecule is C[C@]1(c2ccccc2)C(=O)OC[C@@H]1COS(C)(=O)=O. The third-order valence-electron chi connectivity index (χ3n) is 3.51. The summed E-state index contributed by atoms with van der Waals surface area (Å²) in [5.41, 5.74) is -0.0639. The van der Waals surface area contributed by atoms with Crippen molar-refractivity contribution in [3.8, 4) is 0 Å². The van der Waals surface area contributed by atoms with E-state index in [2.05, 4.69) is 0 Å². The number of carbonyl (C=O) groups excluding carboxylic acids is 1. The van der Waals surface area contributed by atoms with Gasteiger partial charge in [0.1, 0.15) is 0 Å². The molecule has 0 N–H and O–H groups in total. The zero-order valence-electron chi connectivity index (χ0n) is 10.8. The fraction of sp³-hybridized carbons (Fsp3) is 0.462. The van der Waals surface area contributed by atoms with Crippen LogP contribution in [0.4, 0.5) is 0 Å². The van der Waals surface area contributed by atoms with Gasteiger partial charge in [0.05, 0.1) is 24.9 Å². The van der Waals surface area contributed by atoms with E-state index in [4.69, 9.17) is 8.92 Å². The Morgan fingerprint density at radius 2 is 2.00 bits per heavy atom. The third kappa shape index (κ3) is 2.79. The van der Waals surface area contributed by atoms with Crippen LogP contribution in [0.15, 0.2) is 30.3 Å². The molecule has 0 aromatic heterocycles. The molecule has 104 valence electrons. The number of hydrogen-bond donors (Lipinski definition) is 0. The Bertz CT molecular complexity index is 566. The van der Waals surface area contributed by atoms with E-state index in [0.717, 1.165) is 11.8 Å². The van der Waals surface area contributed by atoms with Gasteiger partial charge in [0.2, 0.25) is 0 Å². The van der Waals surface area contributed by atoms with Crippen LogP contribution in [0.25, 0.3) is 0 Å². The van der Waals surface area contributed by atoms with E-state index >= 15 is 0 Å². The molecule has 0 bridgehead atoms. The van der Waals surface area contributed by atoms with E-state index in [9.17, 15) is 13.2 Å². The summed E-state index contributed by atoms with van der Waals surface area (Å²) in [5, 5.41) is 0. The summed E-state index contributed by atoms with van der Waals surface area (Å²) in [6.45, 7) is 1.86. The van der Waals surface area contributed by atoms with E-state index in [1.54, 1.807) is 6.92 Å². The summed E-state index contributed by atoms with van der Waals surface area (Å²) in [6, 6.07) is 9.19. The van der Waals surface area contributed by atoms with E-state index in [1.807, 2.05) is 30.3 Å². The molecule has 1 aromatic carbocycles. The van der Waals surface area contributed by atoms with Crippen molar-refractivity contribution in [2.24, 2.45) is 5.92 Å². The van der Waals surface area contributed by atoms with E-state index in [0.29, 0.717) is 0 Å². The third-order valence-corrected chi connectivity index (χ3v) is 4.08. The summed E-state index contributed by atoms with van der Waals surface area (Å²) in [4.78, 5) is 12.0. The van der Waals surface area contributed by atoms with Crippen LogP contribution in [0.3, 0.4) is 0 Å². The molecule has 0 saturated carbocycles. The predicted molar refractivity (Wildman–Crippen MR) is 69.0 cm³/mol. The molecular formula is C13H16O5S. The van der Waals surface area contributed by atoms with Gasteiger partial charge in [0.15, 0.2) is 0 Å². The fourth-order valence-electron chi connectivity index (χ4n) is 2.22. The largest absolute Gasteiger partial charge is 0.465 e. The highest BCUT2D eigenvalue weighted by Gasteiger charge is 2.50. The maximum atomic E-state index is 12.0. The fourth-order valence-corrected chi connectivity index (χ4v) is 2.63. The lowest BCUT2D eigenvalue weighted by molar-refractivity contribution is -0.142. The minimum Gasteiger partial charge on any atom is -0.465 e. The van der Waals surface area contributed by atoms with Crippen molar-refractivity contribution >= 4 is 16.1 Å². The van der Waals surface area contributed by atoms with Crippen LogP contribution in [-0.2, 0) is 29.2 Å². The number of carbonyl (C=O) groups is 1. The number of rotatable bonds is 4. The van der Waals surface area contributed by atoms with Gasteiger partial charge < -0.3 is 4.74 Å². The molecule has 19 heavy (non-hydrogen) atoms. The zero-order chi connectivity index (χ0) is 14.1. The molecule has 1 heterocycles. The highest BCUT2D eigenvalue weighted by Crippen LogP contribution is 2.39. The predicted octanol–water partition coefficient (Wildman–Crippen LogP) is 1.09. The summed E-state index contributed by atoms with van der Waals surface area (Å²) in [6.07, 6.45) is 0.991. The van der Waals surface area contributed by atoms with E-state index in [1.165, 1.54) is 0 Å². The first-order chi connectivity index (χ1) is 8.84. The van der Waals surface area contributed by atoms with Crippen molar-refractivity contribution < 1.29 is 22.1 Å². The van der Waals surface area contributed by atoms with Crippen molar-refractivity contribution in [1.29, 1.82) is 0 Å². The van der Waals surface area contributed by atoms with Crippen LogP contribution in [-0.4, -0.2) is 33.9 Å². The van der Waals surface area contributed by atoms with E-state index < -0.39 is 15.5 Å². The second-order valence-corrected chi connectivity index (χ2v) is 6.50. The highest BCUT2D eigenvalue weighted by atomic mass is 32.2. The first-order valence-corrected chi connectivity index (χ1v) is 7.73. The van der Waals surface area contributed by atoms with Gasteiger partial charge in [-0.1, -0.05) is 30.3 Å². The van der Waals surface area contributed by atoms with Crippen LogP contribution in [0.1, 0.15) is 12.5 Å². The Balaban J connectivity index is 2.27. The molecule has 1 fully saturated rings. The average Bonchev–Trinajstić information content (AvgIpc) is 2.65. The Kier molecular flexibility index (Phi) is 3.64. The minimum atomic E-state index is -3.53. The van der Waals surface area contributed by atoms with Crippen LogP contribution < -0.4 is 0 Å². The summed E-state index contributed by atoms with van der Waals surface area (Å²) in [7, 11) is -3.53. The molecule has 5 nitrogen and oxygen atoms in total. The highest BCUT2D eigenvalue weighted by molar-refractivity contribution is 7.85. The molecule has 2 atom stereocenters. The summed E-state index contributed by atoms with van der Waals surface area (Å²) in [5.74, 6) is -0.669. The summed E-state index contributed by atoms with van der Waals surface area (Å²) >= 11 is 0. The molecule has 6 heteroatoms. The number of benzene rings is 1. The minimum absolute atomic E-state index is 0.0596. The average molecular weight is 284 g/mol. The lowest BCUT2D eigenvalue weighted by atomic mass is 9.74. The number of hydrogen-bond acceptors (Lipinski definition) is 5. The standard InChI is InChI=1S/C13H16O5S/c1-13(10-6-4-3-5-7-10)11(8-17-12(13)14)9-18-19(2,15)16/h3-7,11H,8-9H2,1-2H3/t11-,13-/m1/s1. The lowest BCUT2D eigenvalue weighted by Crippen LogP contribution is -2.37. The van der Waals surface area contributed by atoms with Crippen molar-refractivity contribution in [2.75, 3.05) is 19.5 Å². The van der Waals surface area contributed by atoms with Gasteiger partial charge in [-0.15, -0.1) is 0 Å². The Morgan fingerprint density at radius 1 is 1.37 bits per heavy atom. The smallest absolute Gasteiger partial charge is 0.316 e. The van der Waals surface area contributed by atoms with Crippen LogP contribution in [0, 0.1) is 5.92 Å². The quantitative estimate of drug-likeness (QED) is 0.611. The van der Waals surface area contributed by atoms with Crippen LogP contribution in [0.5, 0.6) is 0 Å². The molecule has 1 aromatic rings. The summed E-state index contributed by atoms with van der Waals surface area (Å²) < 4.78 is 32.0.